The van der Waals surface area contributed by atoms with Gasteiger partial charge >= 0.3 is 24.1 Å². The van der Waals surface area contributed by atoms with E-state index >= 15 is 0 Å². The molecule has 4 N–H and O–H groups in total. The number of methoxy groups -OCH3 is 2. The molecule has 0 spiro atoms. The fourth-order valence-electron chi connectivity index (χ4n) is 15.4. The van der Waals surface area contributed by atoms with Gasteiger partial charge in [0.2, 0.25) is 0 Å². The van der Waals surface area contributed by atoms with Gasteiger partial charge in [0.15, 0.2) is 32.2 Å². The van der Waals surface area contributed by atoms with Gasteiger partial charge in [-0.3, -0.25) is 33.5 Å². The molecule has 0 saturated carbocycles. The molecule has 6 fully saturated rings. The highest BCUT2D eigenvalue weighted by molar-refractivity contribution is 7.25. The first-order chi connectivity index (χ1) is 47.6. The zero-order valence-corrected chi connectivity index (χ0v) is 64.9. The van der Waals surface area contributed by atoms with Gasteiger partial charge in [0.1, 0.15) is 47.4 Å². The molecule has 6 saturated heterocycles. The molecule has 32 heteroatoms. The fourth-order valence-corrected chi connectivity index (χ4v) is 16.2. The van der Waals surface area contributed by atoms with E-state index in [0.29, 0.717) is 103 Å². The van der Waals surface area contributed by atoms with Crippen molar-refractivity contribution >= 4 is 44.2 Å². The Morgan fingerprint density at radius 2 is 0.990 bits per heavy atom. The highest BCUT2D eigenvalue weighted by Gasteiger charge is 2.61. The predicted octanol–water partition coefficient (Wildman–Crippen LogP) is 8.52. The lowest BCUT2D eigenvalue weighted by Gasteiger charge is -2.45. The van der Waals surface area contributed by atoms with E-state index in [1.807, 2.05) is 93.4 Å². The Labute approximate surface area is 600 Å². The predicted molar refractivity (Wildman–Crippen MR) is 377 cm³/mol. The quantitative estimate of drug-likeness (QED) is 0.0122. The molecule has 2 amide bonds. The molecule has 6 rings (SSSR count). The third kappa shape index (κ3) is 22.6. The van der Waals surface area contributed by atoms with E-state index in [4.69, 9.17) is 63.5 Å². The van der Waals surface area contributed by atoms with Crippen molar-refractivity contribution in [2.75, 3.05) is 88.8 Å². The molecular weight excluding hydrogens is 1330 g/mol. The fraction of sp³-hybridized carbons (Fsp3) is 0.913. The van der Waals surface area contributed by atoms with Crippen LogP contribution in [0.15, 0.2) is 10.2 Å². The first kappa shape index (κ1) is 88.5. The van der Waals surface area contributed by atoms with E-state index in [9.17, 15) is 38.4 Å². The molecule has 0 bridgehead atoms. The normalized spacial score (nSPS) is 38.8. The van der Waals surface area contributed by atoms with E-state index in [1.165, 1.54) is 13.8 Å². The molecule has 0 aromatic heterocycles. The second-order valence-corrected chi connectivity index (χ2v) is 30.5. The third-order valence-corrected chi connectivity index (χ3v) is 22.3. The summed E-state index contributed by atoms with van der Waals surface area (Å²) in [4.78, 5) is 94.9. The summed E-state index contributed by atoms with van der Waals surface area (Å²) in [6.07, 6.45) is -2.74. The number of azide groups is 2. The van der Waals surface area contributed by atoms with Crippen LogP contribution in [-0.2, 0) is 71.1 Å². The summed E-state index contributed by atoms with van der Waals surface area (Å²) >= 11 is 0. The van der Waals surface area contributed by atoms with E-state index in [0.717, 1.165) is 7.11 Å². The number of fused-ring (bicyclic) bond motifs is 2. The van der Waals surface area contributed by atoms with E-state index in [1.54, 1.807) is 37.9 Å². The van der Waals surface area contributed by atoms with Gasteiger partial charge in [0.25, 0.3) is 0 Å². The van der Waals surface area contributed by atoms with Crippen LogP contribution in [0.5, 0.6) is 0 Å². The van der Waals surface area contributed by atoms with Crippen molar-refractivity contribution in [2.45, 2.75) is 294 Å². The summed E-state index contributed by atoms with van der Waals surface area (Å²) in [6, 6.07) is -1.91. The Kier molecular flexibility index (Phi) is 35.5. The molecule has 0 aromatic carbocycles. The van der Waals surface area contributed by atoms with Crippen LogP contribution in [0, 0.1) is 23.7 Å². The number of cyclic esters (lactones) is 2. The van der Waals surface area contributed by atoms with Crippen LogP contribution in [0.3, 0.4) is 0 Å². The number of likely N-dealkylation sites (N-methyl/N-ethyl adjacent to an activating group) is 1. The monoisotopic (exact) mass is 1450 g/mol. The number of hydrogen-bond donors (Lipinski definition) is 4. The Morgan fingerprint density at radius 3 is 1.35 bits per heavy atom. The number of ether oxygens (including phenoxy) is 10. The second kappa shape index (κ2) is 40.5. The number of aliphatic hydroxyl groups is 2. The Balaban J connectivity index is 0.000000418. The number of esters is 2. The minimum atomic E-state index is -1.22. The largest absolute Gasteiger partial charge is 0.458 e. The first-order valence-electron chi connectivity index (χ1n) is 36.0. The molecule has 24 atom stereocenters. The molecular formula is C69H123N12O19P. The minimum absolute atomic E-state index is 0.00160. The minimum Gasteiger partial charge on any atom is -0.458 e. The lowest BCUT2D eigenvalue weighted by Crippen LogP contribution is -2.61. The van der Waals surface area contributed by atoms with Crippen LogP contribution in [0.4, 0.5) is 9.59 Å². The van der Waals surface area contributed by atoms with Crippen molar-refractivity contribution in [3.8, 4) is 0 Å². The lowest BCUT2D eigenvalue weighted by atomic mass is 9.83. The SMILES string of the molecule is CC[C@H]1OC(=O)[C@H](C)C(=O)C[C@@H](O[C@@H]2OC(C)CC(N(C)C)C2O)[C@@](C)(OC)C[C@@H](C)CN[C@H](C)[C@H]2N(CCCCN=[N+]=[N-])C(=O)O[C@]12C.CC[C@H]1OC(=O)[C@H](C)C(=O)C[C@@H](O[C@@H]2OC(C)CC(N(C)C)C2P=O)[C@@](C)(OC)C[C@@H](C)CN[C@H](C)[C@H]2N(CCCCN=[N+]=[N-])C(=O)O[C@]12C.CO. The number of unbranched alkanes of at least 4 members (excludes halogenated alkanes) is 2. The Bertz CT molecular complexity index is 2790. The number of ketones is 2. The van der Waals surface area contributed by atoms with E-state index < -0.39 is 131 Å². The number of hydrogen-bond acceptors (Lipinski definition) is 25. The maximum atomic E-state index is 14.0. The van der Waals surface area contributed by atoms with Crippen molar-refractivity contribution in [1.82, 2.24) is 30.2 Å². The first-order valence-corrected chi connectivity index (χ1v) is 36.9. The van der Waals surface area contributed by atoms with Crippen LogP contribution in [0.2, 0.25) is 0 Å². The molecule has 101 heavy (non-hydrogen) atoms. The molecule has 6 unspecified atom stereocenters. The summed E-state index contributed by atoms with van der Waals surface area (Å²) < 4.78 is 74.5. The number of nitrogens with zero attached hydrogens (tertiary/aromatic N) is 10. The van der Waals surface area contributed by atoms with Gasteiger partial charge in [0, 0.05) is 94.3 Å². The van der Waals surface area contributed by atoms with Crippen LogP contribution in [0.25, 0.3) is 20.9 Å². The van der Waals surface area contributed by atoms with Crippen molar-refractivity contribution < 1.29 is 90.9 Å². The van der Waals surface area contributed by atoms with Crippen LogP contribution in [0.1, 0.15) is 174 Å². The molecule has 6 heterocycles. The number of nitrogens with one attached hydrogen (secondary N) is 2. The van der Waals surface area contributed by atoms with Gasteiger partial charge in [-0.25, -0.2) is 9.59 Å². The molecule has 0 radical (unpaired) electrons. The highest BCUT2D eigenvalue weighted by Crippen LogP contribution is 2.43. The molecule has 6 aliphatic rings. The maximum Gasteiger partial charge on any atom is 0.410 e. The molecule has 6 aliphatic heterocycles. The van der Waals surface area contributed by atoms with E-state index in [2.05, 4.69) is 44.5 Å². The van der Waals surface area contributed by atoms with Crippen LogP contribution in [-0.4, -0.2) is 274 Å². The van der Waals surface area contributed by atoms with Gasteiger partial charge in [-0.2, -0.15) is 0 Å². The molecule has 0 aliphatic carbocycles. The molecule has 31 nitrogen and oxygen atoms in total. The van der Waals surface area contributed by atoms with Gasteiger partial charge < -0.3 is 78.0 Å². The topological polar surface area (TPSA) is 387 Å². The van der Waals surface area contributed by atoms with Gasteiger partial charge in [-0.05, 0) is 198 Å². The number of amides is 2. The summed E-state index contributed by atoms with van der Waals surface area (Å²) in [6.45, 7) is 28.4. The zero-order valence-electron chi connectivity index (χ0n) is 64.0. The second-order valence-electron chi connectivity index (χ2n) is 29.7. The standard InChI is InChI=1S/C34H59N6O9P.C34H60N6O9.CH4O/c1-11-26-34(7)29(40(32(43)49-34)15-13-12-14-37-38-35)23(5)36-19-20(2)18-33(6,45-10)27(17-25(41)22(4)30(42)47-26)48-31-28(50-44)24(39(8)9)16-21(3)46-31;1-11-26-34(7)29(40(32(44)49-34)15-13-12-14-37-38-35)23(5)36-19-20(2)18-33(6,45-10)27(17-25(41)22(4)30(43)47-26)48-31-28(42)24(39(8)9)16-21(3)46-31;1-2/h20-24,26-29,31,36H,11-19H2,1-10H3;20-24,26-29,31,36,42H,11-19H2,1-10H3;2H,1H3/t2*20-,21?,22-,23-,24?,26-,27-,28?,29-,31+,33+,34-;/m11./s1. The average Bonchev–Trinajstić information content (AvgIpc) is 1.63. The molecule has 578 valence electrons. The maximum absolute atomic E-state index is 14.0. The van der Waals surface area contributed by atoms with Gasteiger partial charge in [-0.1, -0.05) is 37.9 Å². The number of aliphatic hydroxyl groups excluding tert-OH is 2. The number of Topliss-reactive ketones (excluding diaryl/α,β-unsaturated/α-hetero) is 2. The summed E-state index contributed by atoms with van der Waals surface area (Å²) in [7, 11) is 11.6. The van der Waals surface area contributed by atoms with Crippen LogP contribution < -0.4 is 10.6 Å². The number of carbonyl (C=O) groups excluding carboxylic acids is 6. The Hall–Kier alpha value is -4.94. The average molecular weight is 1460 g/mol. The summed E-state index contributed by atoms with van der Waals surface area (Å²) in [5.74, 6) is -4.55. The lowest BCUT2D eigenvalue weighted by molar-refractivity contribution is -0.289. The van der Waals surface area contributed by atoms with Crippen molar-refractivity contribution in [3.05, 3.63) is 20.9 Å². The third-order valence-electron chi connectivity index (χ3n) is 21.5. The van der Waals surface area contributed by atoms with Crippen LogP contribution >= 0.6 is 8.46 Å². The molecule has 0 aromatic rings. The van der Waals surface area contributed by atoms with Gasteiger partial charge in [0.05, 0.1) is 47.7 Å². The van der Waals surface area contributed by atoms with Gasteiger partial charge in [-0.15, -0.1) is 0 Å². The number of carbonyl (C=O) groups is 6. The van der Waals surface area contributed by atoms with Crippen molar-refractivity contribution in [3.63, 3.8) is 0 Å². The zero-order chi connectivity index (χ0) is 76.1. The van der Waals surface area contributed by atoms with E-state index in [-0.39, 0.29) is 69.5 Å². The highest BCUT2D eigenvalue weighted by atomic mass is 31.1. The van der Waals surface area contributed by atoms with Crippen molar-refractivity contribution in [1.29, 1.82) is 0 Å². The number of rotatable bonds is 21. The Morgan fingerprint density at radius 1 is 0.614 bits per heavy atom. The smallest absolute Gasteiger partial charge is 0.410 e. The van der Waals surface area contributed by atoms with Crippen molar-refractivity contribution in [2.24, 2.45) is 33.9 Å². The summed E-state index contributed by atoms with van der Waals surface area (Å²) in [5.41, 5.74) is 12.3. The summed E-state index contributed by atoms with van der Waals surface area (Å²) in [5, 5.41) is 32.7.